The van der Waals surface area contributed by atoms with Gasteiger partial charge >= 0.3 is 6.43 Å². The Kier molecular flexibility index (Phi) is 5.38. The summed E-state index contributed by atoms with van der Waals surface area (Å²) in [6, 6.07) is 4.98. The molecule has 2 aromatic rings. The van der Waals surface area contributed by atoms with Gasteiger partial charge in [0.25, 0.3) is 5.91 Å². The summed E-state index contributed by atoms with van der Waals surface area (Å²) in [6.45, 7) is 0.675. The van der Waals surface area contributed by atoms with Crippen LogP contribution in [0, 0.1) is 6.92 Å². The molecule has 0 aliphatic heterocycles. The Labute approximate surface area is 130 Å². The van der Waals surface area contributed by atoms with Crippen LogP contribution in [0.1, 0.15) is 17.4 Å². The maximum absolute atomic E-state index is 12.9. The van der Waals surface area contributed by atoms with Gasteiger partial charge in [0.1, 0.15) is 12.8 Å². The van der Waals surface area contributed by atoms with Crippen molar-refractivity contribution in [3.05, 3.63) is 48.0 Å². The summed E-state index contributed by atoms with van der Waals surface area (Å²) in [6.07, 6.45) is -1.27. The van der Waals surface area contributed by atoms with E-state index in [9.17, 15) is 23.1 Å². The zero-order valence-corrected chi connectivity index (χ0v) is 12.3. The number of halogens is 3. The van der Waals surface area contributed by atoms with Crippen molar-refractivity contribution in [1.82, 2.24) is 14.9 Å². The standard InChI is InChI=1S/C15H16F3N3O2/c1-9-7-21(8-19-9)11-4-2-10(3-5-11)13(22)12(6-16)20-15(23)14(17)18/h2-5,7-8,12-14,22H,6H2,1H3,(H,20,23). The van der Waals surface area contributed by atoms with Gasteiger partial charge in [-0.05, 0) is 24.6 Å². The summed E-state index contributed by atoms with van der Waals surface area (Å²) < 4.78 is 39.1. The van der Waals surface area contributed by atoms with Gasteiger partial charge < -0.3 is 15.0 Å². The van der Waals surface area contributed by atoms with Gasteiger partial charge in [0.2, 0.25) is 0 Å². The first-order valence-corrected chi connectivity index (χ1v) is 6.86. The molecule has 5 nitrogen and oxygen atoms in total. The Morgan fingerprint density at radius 2 is 2.00 bits per heavy atom. The fraction of sp³-hybridized carbons (Fsp3) is 0.333. The Hall–Kier alpha value is -2.35. The molecule has 1 heterocycles. The molecule has 2 unspecified atom stereocenters. The average molecular weight is 327 g/mol. The van der Waals surface area contributed by atoms with E-state index in [1.54, 1.807) is 34.5 Å². The van der Waals surface area contributed by atoms with E-state index in [1.165, 1.54) is 12.1 Å². The van der Waals surface area contributed by atoms with Gasteiger partial charge in [0, 0.05) is 11.9 Å². The summed E-state index contributed by atoms with van der Waals surface area (Å²) in [5, 5.41) is 11.8. The van der Waals surface area contributed by atoms with Crippen molar-refractivity contribution in [3.8, 4) is 5.69 Å². The van der Waals surface area contributed by atoms with Crippen molar-refractivity contribution >= 4 is 5.91 Å². The van der Waals surface area contributed by atoms with E-state index in [1.807, 2.05) is 6.92 Å². The molecule has 0 aliphatic carbocycles. The minimum absolute atomic E-state index is 0.308. The molecule has 1 aromatic carbocycles. The minimum atomic E-state index is -3.26. The predicted molar refractivity (Wildman–Crippen MR) is 77.2 cm³/mol. The highest BCUT2D eigenvalue weighted by Gasteiger charge is 2.26. The number of nitrogens with one attached hydrogen (secondary N) is 1. The zero-order chi connectivity index (χ0) is 17.0. The summed E-state index contributed by atoms with van der Waals surface area (Å²) in [5.41, 5.74) is 1.92. The molecule has 23 heavy (non-hydrogen) atoms. The SMILES string of the molecule is Cc1cn(-c2ccc(C(O)C(CF)NC(=O)C(F)F)cc2)cn1. The number of hydrogen-bond acceptors (Lipinski definition) is 3. The average Bonchev–Trinajstić information content (AvgIpc) is 2.98. The first kappa shape index (κ1) is 17.0. The van der Waals surface area contributed by atoms with Gasteiger partial charge in [-0.25, -0.2) is 9.37 Å². The van der Waals surface area contributed by atoms with Crippen LogP contribution in [0.15, 0.2) is 36.8 Å². The molecule has 0 saturated heterocycles. The number of aromatic nitrogens is 2. The van der Waals surface area contributed by atoms with Gasteiger partial charge in [-0.2, -0.15) is 8.78 Å². The van der Waals surface area contributed by atoms with Crippen LogP contribution in [0.2, 0.25) is 0 Å². The van der Waals surface area contributed by atoms with E-state index in [-0.39, 0.29) is 0 Å². The van der Waals surface area contributed by atoms with Crippen LogP contribution >= 0.6 is 0 Å². The molecule has 0 aliphatic rings. The summed E-state index contributed by atoms with van der Waals surface area (Å²) >= 11 is 0. The minimum Gasteiger partial charge on any atom is -0.386 e. The molecular weight excluding hydrogens is 311 g/mol. The summed E-state index contributed by atoms with van der Waals surface area (Å²) in [7, 11) is 0. The van der Waals surface area contributed by atoms with E-state index in [0.717, 1.165) is 11.4 Å². The van der Waals surface area contributed by atoms with Crippen LogP contribution in [0.25, 0.3) is 5.69 Å². The molecule has 1 amide bonds. The number of carbonyl (C=O) groups is 1. The number of amides is 1. The lowest BCUT2D eigenvalue weighted by Gasteiger charge is -2.22. The van der Waals surface area contributed by atoms with Crippen LogP contribution in [-0.2, 0) is 4.79 Å². The predicted octanol–water partition coefficient (Wildman–Crippen LogP) is 1.93. The highest BCUT2D eigenvalue weighted by atomic mass is 19.3. The van der Waals surface area contributed by atoms with Crippen molar-refractivity contribution in [3.63, 3.8) is 0 Å². The number of carbonyl (C=O) groups excluding carboxylic acids is 1. The number of rotatable bonds is 6. The van der Waals surface area contributed by atoms with Crippen molar-refractivity contribution < 1.29 is 23.1 Å². The maximum atomic E-state index is 12.9. The quantitative estimate of drug-likeness (QED) is 0.852. The molecule has 0 saturated carbocycles. The number of aliphatic hydroxyl groups is 1. The van der Waals surface area contributed by atoms with Crippen molar-refractivity contribution in [2.24, 2.45) is 0 Å². The van der Waals surface area contributed by atoms with E-state index < -0.39 is 31.2 Å². The Morgan fingerprint density at radius 3 is 2.48 bits per heavy atom. The van der Waals surface area contributed by atoms with Gasteiger partial charge in [-0.3, -0.25) is 4.79 Å². The zero-order valence-electron chi connectivity index (χ0n) is 12.3. The fourth-order valence-electron chi connectivity index (χ4n) is 2.09. The number of alkyl halides is 3. The topological polar surface area (TPSA) is 67.2 Å². The van der Waals surface area contributed by atoms with Crippen molar-refractivity contribution in [2.45, 2.75) is 25.5 Å². The van der Waals surface area contributed by atoms with Crippen LogP contribution in [0.4, 0.5) is 13.2 Å². The molecule has 2 N–H and O–H groups in total. The first-order chi connectivity index (χ1) is 10.9. The number of nitrogens with zero attached hydrogens (tertiary/aromatic N) is 2. The highest BCUT2D eigenvalue weighted by Crippen LogP contribution is 2.20. The molecule has 1 aromatic heterocycles. The van der Waals surface area contributed by atoms with Crippen LogP contribution < -0.4 is 5.32 Å². The fourth-order valence-corrected chi connectivity index (χ4v) is 2.09. The van der Waals surface area contributed by atoms with Crippen LogP contribution in [-0.4, -0.2) is 39.7 Å². The van der Waals surface area contributed by atoms with E-state index in [2.05, 4.69) is 4.98 Å². The molecule has 0 bridgehead atoms. The molecule has 124 valence electrons. The number of benzene rings is 1. The smallest absolute Gasteiger partial charge is 0.315 e. The van der Waals surface area contributed by atoms with Gasteiger partial charge in [0.15, 0.2) is 0 Å². The number of aliphatic hydroxyl groups excluding tert-OH is 1. The first-order valence-electron chi connectivity index (χ1n) is 6.86. The number of hydrogen-bond donors (Lipinski definition) is 2. The maximum Gasteiger partial charge on any atom is 0.315 e. The lowest BCUT2D eigenvalue weighted by molar-refractivity contribution is -0.133. The van der Waals surface area contributed by atoms with Gasteiger partial charge in [-0.15, -0.1) is 0 Å². The Balaban J connectivity index is 2.12. The van der Waals surface area contributed by atoms with Crippen LogP contribution in [0.5, 0.6) is 0 Å². The van der Waals surface area contributed by atoms with E-state index in [4.69, 9.17) is 0 Å². The Morgan fingerprint density at radius 1 is 1.35 bits per heavy atom. The lowest BCUT2D eigenvalue weighted by atomic mass is 10.0. The van der Waals surface area contributed by atoms with Crippen molar-refractivity contribution in [2.75, 3.05) is 6.67 Å². The third kappa shape index (κ3) is 4.10. The number of imidazole rings is 1. The van der Waals surface area contributed by atoms with Crippen LogP contribution in [0.3, 0.4) is 0 Å². The molecule has 8 heteroatoms. The Bertz CT molecular complexity index is 658. The monoisotopic (exact) mass is 327 g/mol. The second-order valence-corrected chi connectivity index (χ2v) is 5.03. The second-order valence-electron chi connectivity index (χ2n) is 5.03. The van der Waals surface area contributed by atoms with Gasteiger partial charge in [0.05, 0.1) is 18.1 Å². The third-order valence-corrected chi connectivity index (χ3v) is 3.32. The molecule has 2 rings (SSSR count). The molecule has 2 atom stereocenters. The van der Waals surface area contributed by atoms with Crippen molar-refractivity contribution in [1.29, 1.82) is 0 Å². The normalized spacial score (nSPS) is 13.8. The van der Waals surface area contributed by atoms with Gasteiger partial charge in [-0.1, -0.05) is 12.1 Å². The van der Waals surface area contributed by atoms with E-state index >= 15 is 0 Å². The third-order valence-electron chi connectivity index (χ3n) is 3.32. The molecule has 0 radical (unpaired) electrons. The highest BCUT2D eigenvalue weighted by molar-refractivity contribution is 5.79. The summed E-state index contributed by atoms with van der Waals surface area (Å²) in [4.78, 5) is 15.0. The molecule has 0 spiro atoms. The molecular formula is C15H16F3N3O2. The molecule has 0 fully saturated rings. The lowest BCUT2D eigenvalue weighted by Crippen LogP contribution is -2.43. The largest absolute Gasteiger partial charge is 0.386 e. The second kappa shape index (κ2) is 7.28. The summed E-state index contributed by atoms with van der Waals surface area (Å²) in [5.74, 6) is -1.61. The van der Waals surface area contributed by atoms with E-state index in [0.29, 0.717) is 5.56 Å². The number of aryl methyl sites for hydroxylation is 1.